The lowest BCUT2D eigenvalue weighted by Gasteiger charge is -2.06. The molecule has 3 aromatic rings. The average molecular weight is 377 g/mol. The number of fused-ring (bicyclic) bond motifs is 1. The van der Waals surface area contributed by atoms with Crippen LogP contribution in [0, 0.1) is 0 Å². The highest BCUT2D eigenvalue weighted by molar-refractivity contribution is 7.99. The first-order valence-corrected chi connectivity index (χ1v) is 8.39. The number of rotatable bonds is 6. The van der Waals surface area contributed by atoms with E-state index in [4.69, 9.17) is 9.15 Å². The molecule has 0 aliphatic carbocycles. The van der Waals surface area contributed by atoms with Crippen LogP contribution >= 0.6 is 11.8 Å². The Labute approximate surface area is 151 Å². The van der Waals surface area contributed by atoms with Crippen LogP contribution in [0.1, 0.15) is 10.6 Å². The van der Waals surface area contributed by atoms with Gasteiger partial charge >= 0.3 is 5.97 Å². The second-order valence-corrected chi connectivity index (χ2v) is 6.24. The molecule has 0 atom stereocenters. The summed E-state index contributed by atoms with van der Waals surface area (Å²) in [5.41, 5.74) is 0.957. The SMILES string of the molecule is O=C(COC(=O)c1cc2ccccc2o1)Nc1ccc(SC(F)F)cc1. The largest absolute Gasteiger partial charge is 0.450 e. The number of benzene rings is 2. The Hall–Kier alpha value is -2.87. The summed E-state index contributed by atoms with van der Waals surface area (Å²) >= 11 is 0.414. The molecule has 0 bridgehead atoms. The molecule has 0 saturated heterocycles. The zero-order valence-electron chi connectivity index (χ0n) is 13.3. The predicted molar refractivity (Wildman–Crippen MR) is 93.4 cm³/mol. The number of nitrogens with one attached hydrogen (secondary N) is 1. The number of hydrogen-bond acceptors (Lipinski definition) is 5. The lowest BCUT2D eigenvalue weighted by atomic mass is 10.2. The number of furan rings is 1. The summed E-state index contributed by atoms with van der Waals surface area (Å²) in [5, 5.41) is 3.27. The zero-order chi connectivity index (χ0) is 18.5. The zero-order valence-corrected chi connectivity index (χ0v) is 14.1. The third-order valence-electron chi connectivity index (χ3n) is 3.32. The van der Waals surface area contributed by atoms with Crippen LogP contribution in [-0.4, -0.2) is 24.2 Å². The Morgan fingerprint density at radius 2 is 1.85 bits per heavy atom. The van der Waals surface area contributed by atoms with Crippen LogP contribution in [0.15, 0.2) is 63.9 Å². The Balaban J connectivity index is 1.52. The van der Waals surface area contributed by atoms with Gasteiger partial charge in [-0.2, -0.15) is 8.78 Å². The van der Waals surface area contributed by atoms with Crippen molar-refractivity contribution in [2.75, 3.05) is 11.9 Å². The Morgan fingerprint density at radius 3 is 2.54 bits per heavy atom. The highest BCUT2D eigenvalue weighted by Crippen LogP contribution is 2.26. The smallest absolute Gasteiger partial charge is 0.374 e. The van der Waals surface area contributed by atoms with E-state index in [1.807, 2.05) is 6.07 Å². The van der Waals surface area contributed by atoms with Crippen molar-refractivity contribution in [3.05, 3.63) is 60.4 Å². The van der Waals surface area contributed by atoms with Crippen LogP contribution < -0.4 is 5.32 Å². The first-order valence-electron chi connectivity index (χ1n) is 7.52. The maximum atomic E-state index is 12.3. The minimum Gasteiger partial charge on any atom is -0.450 e. The molecule has 134 valence electrons. The van der Waals surface area contributed by atoms with Gasteiger partial charge in [-0.1, -0.05) is 30.0 Å². The second kappa shape index (κ2) is 8.01. The van der Waals surface area contributed by atoms with E-state index in [9.17, 15) is 18.4 Å². The third-order valence-corrected chi connectivity index (χ3v) is 4.05. The van der Waals surface area contributed by atoms with Crippen LogP contribution in [0.3, 0.4) is 0 Å². The van der Waals surface area contributed by atoms with Crippen molar-refractivity contribution >= 4 is 40.3 Å². The van der Waals surface area contributed by atoms with Crippen molar-refractivity contribution in [1.29, 1.82) is 0 Å². The molecule has 1 amide bonds. The molecule has 1 heterocycles. The number of ether oxygens (including phenoxy) is 1. The van der Waals surface area contributed by atoms with E-state index in [0.29, 0.717) is 27.9 Å². The van der Waals surface area contributed by atoms with Crippen molar-refractivity contribution < 1.29 is 27.5 Å². The summed E-state index contributed by atoms with van der Waals surface area (Å²) in [6.07, 6.45) is 0. The molecule has 0 radical (unpaired) electrons. The molecular weight excluding hydrogens is 364 g/mol. The van der Waals surface area contributed by atoms with E-state index in [2.05, 4.69) is 5.32 Å². The molecule has 0 unspecified atom stereocenters. The number of anilines is 1. The number of para-hydroxylation sites is 1. The first-order chi connectivity index (χ1) is 12.5. The van der Waals surface area contributed by atoms with Crippen molar-refractivity contribution in [2.45, 2.75) is 10.7 Å². The van der Waals surface area contributed by atoms with Gasteiger partial charge in [0, 0.05) is 16.0 Å². The van der Waals surface area contributed by atoms with Gasteiger partial charge in [0.2, 0.25) is 5.76 Å². The fourth-order valence-electron chi connectivity index (χ4n) is 2.20. The molecule has 0 fully saturated rings. The van der Waals surface area contributed by atoms with Gasteiger partial charge in [-0.3, -0.25) is 4.79 Å². The van der Waals surface area contributed by atoms with E-state index in [0.717, 1.165) is 5.39 Å². The van der Waals surface area contributed by atoms with Gasteiger partial charge in [0.05, 0.1) is 0 Å². The number of amides is 1. The summed E-state index contributed by atoms with van der Waals surface area (Å²) in [5.74, 6) is -3.80. The quantitative estimate of drug-likeness (QED) is 0.504. The van der Waals surface area contributed by atoms with Gasteiger partial charge in [-0.05, 0) is 36.4 Å². The van der Waals surface area contributed by atoms with Crippen molar-refractivity contribution in [3.63, 3.8) is 0 Å². The maximum absolute atomic E-state index is 12.3. The molecule has 0 saturated carbocycles. The molecule has 0 aliphatic rings. The summed E-state index contributed by atoms with van der Waals surface area (Å²) in [6.45, 7) is -0.497. The minimum atomic E-state index is -2.51. The van der Waals surface area contributed by atoms with E-state index in [-0.39, 0.29) is 5.76 Å². The number of carbonyl (C=O) groups is 2. The topological polar surface area (TPSA) is 68.5 Å². The number of alkyl halides is 2. The average Bonchev–Trinajstić information content (AvgIpc) is 3.05. The maximum Gasteiger partial charge on any atom is 0.374 e. The van der Waals surface area contributed by atoms with Gasteiger partial charge in [-0.25, -0.2) is 4.79 Å². The fraction of sp³-hybridized carbons (Fsp3) is 0.111. The normalized spacial score (nSPS) is 10.9. The van der Waals surface area contributed by atoms with Crippen LogP contribution in [0.4, 0.5) is 14.5 Å². The molecule has 1 aromatic heterocycles. The van der Waals surface area contributed by atoms with Gasteiger partial charge in [-0.15, -0.1) is 0 Å². The van der Waals surface area contributed by atoms with E-state index >= 15 is 0 Å². The van der Waals surface area contributed by atoms with Crippen LogP contribution in [0.5, 0.6) is 0 Å². The lowest BCUT2D eigenvalue weighted by Crippen LogP contribution is -2.20. The molecule has 26 heavy (non-hydrogen) atoms. The summed E-state index contributed by atoms with van der Waals surface area (Å²) in [7, 11) is 0. The number of halogens is 2. The van der Waals surface area contributed by atoms with Crippen LogP contribution in [-0.2, 0) is 9.53 Å². The highest BCUT2D eigenvalue weighted by atomic mass is 32.2. The van der Waals surface area contributed by atoms with Crippen molar-refractivity contribution in [1.82, 2.24) is 0 Å². The molecule has 0 aliphatic heterocycles. The van der Waals surface area contributed by atoms with Gasteiger partial charge in [0.1, 0.15) is 5.58 Å². The lowest BCUT2D eigenvalue weighted by molar-refractivity contribution is -0.119. The van der Waals surface area contributed by atoms with Gasteiger partial charge in [0.15, 0.2) is 6.61 Å². The molecule has 1 N–H and O–H groups in total. The number of carbonyl (C=O) groups excluding carboxylic acids is 2. The van der Waals surface area contributed by atoms with Crippen molar-refractivity contribution in [3.8, 4) is 0 Å². The van der Waals surface area contributed by atoms with E-state index in [1.54, 1.807) is 18.2 Å². The standard InChI is InChI=1S/C18H13F2NO4S/c19-18(20)26-13-7-5-12(6-8-13)21-16(22)10-24-17(23)15-9-11-3-1-2-4-14(11)25-15/h1-9,18H,10H2,(H,21,22). The van der Waals surface area contributed by atoms with Crippen molar-refractivity contribution in [2.24, 2.45) is 0 Å². The number of hydrogen-bond donors (Lipinski definition) is 1. The first kappa shape index (κ1) is 17.9. The molecule has 0 spiro atoms. The Kier molecular flexibility index (Phi) is 5.52. The third kappa shape index (κ3) is 4.60. The highest BCUT2D eigenvalue weighted by Gasteiger charge is 2.15. The van der Waals surface area contributed by atoms with E-state index < -0.39 is 24.2 Å². The molecule has 3 rings (SSSR count). The monoisotopic (exact) mass is 377 g/mol. The predicted octanol–water partition coefficient (Wildman–Crippen LogP) is 4.54. The Bertz CT molecular complexity index is 891. The van der Waals surface area contributed by atoms with Gasteiger partial charge < -0.3 is 14.5 Å². The summed E-state index contributed by atoms with van der Waals surface area (Å²) < 4.78 is 34.8. The Morgan fingerprint density at radius 1 is 1.12 bits per heavy atom. The van der Waals surface area contributed by atoms with Crippen LogP contribution in [0.2, 0.25) is 0 Å². The molecule has 2 aromatic carbocycles. The second-order valence-electron chi connectivity index (χ2n) is 5.18. The van der Waals surface area contributed by atoms with Crippen LogP contribution in [0.25, 0.3) is 11.0 Å². The molecular formula is C18H13F2NO4S. The summed E-state index contributed by atoms with van der Waals surface area (Å²) in [6, 6.07) is 14.5. The fourth-order valence-corrected chi connectivity index (χ4v) is 2.70. The number of esters is 1. The van der Waals surface area contributed by atoms with E-state index in [1.165, 1.54) is 30.3 Å². The minimum absolute atomic E-state index is 0.00683. The number of thioether (sulfide) groups is 1. The molecule has 5 nitrogen and oxygen atoms in total. The summed E-state index contributed by atoms with van der Waals surface area (Å²) in [4.78, 5) is 24.2. The van der Waals surface area contributed by atoms with Gasteiger partial charge in [0.25, 0.3) is 11.7 Å². The molecule has 8 heteroatoms.